The van der Waals surface area contributed by atoms with Crippen LogP contribution in [0.1, 0.15) is 284 Å². The zero-order valence-electron chi connectivity index (χ0n) is 43.9. The summed E-state index contributed by atoms with van der Waals surface area (Å²) in [7, 11) is -5.02. The lowest BCUT2D eigenvalue weighted by molar-refractivity contribution is -0.220. The normalized spacial score (nSPS) is 21.0. The van der Waals surface area contributed by atoms with E-state index in [4.69, 9.17) is 18.5 Å². The van der Waals surface area contributed by atoms with Crippen molar-refractivity contribution in [3.63, 3.8) is 0 Å². The van der Waals surface area contributed by atoms with E-state index in [0.717, 1.165) is 38.5 Å². The van der Waals surface area contributed by atoms with Crippen LogP contribution in [0.5, 0.6) is 0 Å². The molecule has 6 N–H and O–H groups in total. The van der Waals surface area contributed by atoms with E-state index in [1.165, 1.54) is 218 Å². The Morgan fingerprint density at radius 1 is 0.412 bits per heavy atom. The maximum absolute atomic E-state index is 12.9. The molecule has 0 aromatic carbocycles. The van der Waals surface area contributed by atoms with Crippen molar-refractivity contribution in [2.45, 2.75) is 326 Å². The van der Waals surface area contributed by atoms with Crippen LogP contribution < -0.4 is 0 Å². The van der Waals surface area contributed by atoms with Gasteiger partial charge in [-0.1, -0.05) is 264 Å². The molecule has 6 unspecified atom stereocenters. The summed E-state index contributed by atoms with van der Waals surface area (Å²) >= 11 is 0. The fraction of sp³-hybridized carbons (Fsp3) is 0.982. The number of rotatable bonds is 51. The van der Waals surface area contributed by atoms with Crippen LogP contribution >= 0.6 is 7.82 Å². The minimum absolute atomic E-state index is 0.0670. The molecule has 0 aromatic heterocycles. The van der Waals surface area contributed by atoms with E-state index in [9.17, 15) is 39.8 Å². The number of unbranched alkanes of at least 4 members (excludes halogenated alkanes) is 39. The summed E-state index contributed by atoms with van der Waals surface area (Å²) in [6, 6.07) is 0. The first-order valence-corrected chi connectivity index (χ1v) is 30.4. The van der Waals surface area contributed by atoms with E-state index in [1.54, 1.807) is 0 Å². The molecule has 0 radical (unpaired) electrons. The third-order valence-corrected chi connectivity index (χ3v) is 15.0. The van der Waals surface area contributed by atoms with E-state index in [2.05, 4.69) is 13.8 Å². The van der Waals surface area contributed by atoms with Crippen LogP contribution in [0.4, 0.5) is 0 Å². The van der Waals surface area contributed by atoms with Gasteiger partial charge in [-0.25, -0.2) is 4.57 Å². The topological polar surface area (TPSA) is 192 Å². The molecule has 0 spiro atoms. The highest BCUT2D eigenvalue weighted by atomic mass is 31.2. The number of phosphoric acid groups is 1. The van der Waals surface area contributed by atoms with Crippen molar-refractivity contribution in [1.29, 1.82) is 0 Å². The summed E-state index contributed by atoms with van der Waals surface area (Å²) in [4.78, 5) is 23.3. The van der Waals surface area contributed by atoms with Gasteiger partial charge >= 0.3 is 13.8 Å². The maximum Gasteiger partial charge on any atom is 0.472 e. The highest BCUT2D eigenvalue weighted by molar-refractivity contribution is 7.47. The van der Waals surface area contributed by atoms with Gasteiger partial charge in [-0.15, -0.1) is 0 Å². The monoisotopic (exact) mass is 993 g/mol. The third kappa shape index (κ3) is 37.1. The van der Waals surface area contributed by atoms with Crippen LogP contribution in [0.3, 0.4) is 0 Å². The Morgan fingerprint density at radius 2 is 0.691 bits per heavy atom. The Hall–Kier alpha value is -0.660. The number of carbonyl (C=O) groups is 1. The summed E-state index contributed by atoms with van der Waals surface area (Å²) < 4.78 is 34.4. The lowest BCUT2D eigenvalue weighted by Crippen LogP contribution is -2.64. The van der Waals surface area contributed by atoms with Crippen molar-refractivity contribution in [2.24, 2.45) is 0 Å². The molecule has 406 valence electrons. The second kappa shape index (κ2) is 46.1. The molecule has 1 saturated carbocycles. The highest BCUT2D eigenvalue weighted by Gasteiger charge is 2.51. The number of hydrogen-bond acceptors (Lipinski definition) is 11. The number of phosphoric ester groups is 1. The van der Waals surface area contributed by atoms with Crippen molar-refractivity contribution in [3.8, 4) is 0 Å². The minimum atomic E-state index is -5.02. The van der Waals surface area contributed by atoms with Gasteiger partial charge in [0.05, 0.1) is 13.2 Å². The van der Waals surface area contributed by atoms with Crippen LogP contribution in [-0.2, 0) is 27.9 Å². The fourth-order valence-electron chi connectivity index (χ4n) is 9.42. The minimum Gasteiger partial charge on any atom is -0.457 e. The second-order valence-electron chi connectivity index (χ2n) is 20.5. The molecule has 0 saturated heterocycles. The summed E-state index contributed by atoms with van der Waals surface area (Å²) in [5.41, 5.74) is 0. The quantitative estimate of drug-likeness (QED) is 0.0192. The van der Waals surface area contributed by atoms with Crippen molar-refractivity contribution >= 4 is 13.8 Å². The molecule has 1 aliphatic carbocycles. The Labute approximate surface area is 416 Å². The van der Waals surface area contributed by atoms with E-state index in [1.807, 2.05) is 0 Å². The molecule has 13 heteroatoms. The Morgan fingerprint density at radius 3 is 1.01 bits per heavy atom. The number of carbonyl (C=O) groups excluding carboxylic acids is 1. The van der Waals surface area contributed by atoms with Crippen molar-refractivity contribution in [3.05, 3.63) is 0 Å². The number of ether oxygens (including phenoxy) is 2. The highest BCUT2D eigenvalue weighted by Crippen LogP contribution is 2.47. The first-order valence-electron chi connectivity index (χ1n) is 28.9. The van der Waals surface area contributed by atoms with Gasteiger partial charge in [0.25, 0.3) is 0 Å². The average Bonchev–Trinajstić information content (AvgIpc) is 3.32. The van der Waals surface area contributed by atoms with Crippen molar-refractivity contribution < 1.29 is 58.3 Å². The van der Waals surface area contributed by atoms with Crippen molar-refractivity contribution in [2.75, 3.05) is 19.8 Å². The van der Waals surface area contributed by atoms with Crippen molar-refractivity contribution in [1.82, 2.24) is 0 Å². The van der Waals surface area contributed by atoms with Crippen LogP contribution in [0, 0.1) is 0 Å². The fourth-order valence-corrected chi connectivity index (χ4v) is 10.4. The summed E-state index contributed by atoms with van der Waals surface area (Å²) in [5.74, 6) is -0.468. The number of aliphatic hydroxyl groups is 5. The molecule has 1 aliphatic rings. The largest absolute Gasteiger partial charge is 0.472 e. The Kier molecular flexibility index (Phi) is 44.4. The Balaban J connectivity index is 2.24. The van der Waals surface area contributed by atoms with Gasteiger partial charge in [0.15, 0.2) is 0 Å². The SMILES string of the molecule is CCCCCCCCCCCCCCCCCCCCCCCCCCOCC(COP(=O)(O)OC1C(O)C(O)C(O)C(O)C1O)OC(=O)CCCCCCCCCCCCCCCCCCC. The van der Waals surface area contributed by atoms with Gasteiger partial charge in [0, 0.05) is 13.0 Å². The van der Waals surface area contributed by atoms with Gasteiger partial charge in [-0.2, -0.15) is 0 Å². The number of esters is 1. The third-order valence-electron chi connectivity index (χ3n) is 14.0. The molecule has 0 amide bonds. The molecule has 0 aromatic rings. The summed E-state index contributed by atoms with van der Waals surface area (Å²) in [5, 5.41) is 50.4. The first kappa shape index (κ1) is 65.4. The summed E-state index contributed by atoms with van der Waals surface area (Å²) in [6.07, 6.45) is 40.4. The molecule has 0 aliphatic heterocycles. The zero-order chi connectivity index (χ0) is 49.8. The van der Waals surface area contributed by atoms with Gasteiger partial charge in [-0.05, 0) is 12.8 Å². The smallest absolute Gasteiger partial charge is 0.457 e. The predicted octanol–water partition coefficient (Wildman–Crippen LogP) is 13.7. The lowest BCUT2D eigenvalue weighted by atomic mass is 9.85. The van der Waals surface area contributed by atoms with Crippen LogP contribution in [0.15, 0.2) is 0 Å². The van der Waals surface area contributed by atoms with Crippen LogP contribution in [-0.4, -0.2) is 98.9 Å². The Bertz CT molecular complexity index is 1130. The molecule has 68 heavy (non-hydrogen) atoms. The molecule has 1 rings (SSSR count). The van der Waals surface area contributed by atoms with E-state index >= 15 is 0 Å². The lowest BCUT2D eigenvalue weighted by Gasteiger charge is -2.41. The number of aliphatic hydroxyl groups excluding tert-OH is 5. The molecule has 6 atom stereocenters. The molecule has 1 fully saturated rings. The van der Waals surface area contributed by atoms with Gasteiger partial charge in [0.1, 0.15) is 42.7 Å². The maximum atomic E-state index is 12.9. The molecular formula is C55H109O12P. The number of hydrogen-bond donors (Lipinski definition) is 6. The summed E-state index contributed by atoms with van der Waals surface area (Å²) in [6.45, 7) is 4.34. The predicted molar refractivity (Wildman–Crippen MR) is 277 cm³/mol. The average molecular weight is 993 g/mol. The van der Waals surface area contributed by atoms with Gasteiger partial charge < -0.3 is 39.9 Å². The van der Waals surface area contributed by atoms with E-state index in [-0.39, 0.29) is 13.0 Å². The van der Waals surface area contributed by atoms with Gasteiger partial charge in [0.2, 0.25) is 0 Å². The molecule has 12 nitrogen and oxygen atoms in total. The standard InChI is InChI=1S/C55H109O12P/c1-3-5-7-9-11-13-15-17-19-21-22-23-24-25-26-27-29-31-33-35-37-39-41-43-45-64-46-48(47-65-68(62,63)67-55-53(60)51(58)50(57)52(59)54(55)61)66-49(56)44-42-40-38-36-34-32-30-28-20-18-16-14-12-10-8-6-4-2/h48,50-55,57-61H,3-47H2,1-2H3,(H,62,63). The second-order valence-corrected chi connectivity index (χ2v) is 21.9. The molecule has 0 bridgehead atoms. The van der Waals surface area contributed by atoms with E-state index < -0.39 is 63.1 Å². The van der Waals surface area contributed by atoms with E-state index in [0.29, 0.717) is 13.0 Å². The molecular weight excluding hydrogens is 884 g/mol. The zero-order valence-corrected chi connectivity index (χ0v) is 44.8. The molecule has 0 heterocycles. The van der Waals surface area contributed by atoms with Gasteiger partial charge in [-0.3, -0.25) is 13.8 Å². The first-order chi connectivity index (χ1) is 33.0. The van der Waals surface area contributed by atoms with Crippen LogP contribution in [0.25, 0.3) is 0 Å². The van der Waals surface area contributed by atoms with Crippen LogP contribution in [0.2, 0.25) is 0 Å².